The second kappa shape index (κ2) is 6.54. The second-order valence-electron chi connectivity index (χ2n) is 4.58. The molecule has 2 N–H and O–H groups in total. The van der Waals surface area contributed by atoms with Gasteiger partial charge in [0.05, 0.1) is 6.61 Å². The number of benzene rings is 1. The third-order valence-electron chi connectivity index (χ3n) is 2.67. The molecule has 0 aliphatic heterocycles. The van der Waals surface area contributed by atoms with Crippen molar-refractivity contribution in [1.29, 1.82) is 0 Å². The molecule has 0 unspecified atom stereocenters. The Balaban J connectivity index is 2.52. The van der Waals surface area contributed by atoms with Crippen LogP contribution >= 0.6 is 0 Å². The van der Waals surface area contributed by atoms with E-state index < -0.39 is 0 Å². The fourth-order valence-corrected chi connectivity index (χ4v) is 1.66. The SMILES string of the molecule is CCOc1ccc([C@H](N)CCC(C)C)cc1. The van der Waals surface area contributed by atoms with Crippen molar-refractivity contribution in [3.8, 4) is 5.75 Å². The van der Waals surface area contributed by atoms with E-state index in [-0.39, 0.29) is 6.04 Å². The van der Waals surface area contributed by atoms with Crippen LogP contribution in [0.25, 0.3) is 0 Å². The molecule has 0 radical (unpaired) electrons. The van der Waals surface area contributed by atoms with Crippen molar-refractivity contribution >= 4 is 0 Å². The van der Waals surface area contributed by atoms with E-state index in [1.54, 1.807) is 0 Å². The van der Waals surface area contributed by atoms with Crippen LogP contribution in [0.2, 0.25) is 0 Å². The van der Waals surface area contributed by atoms with Crippen LogP contribution < -0.4 is 10.5 Å². The predicted molar refractivity (Wildman–Crippen MR) is 68.6 cm³/mol. The highest BCUT2D eigenvalue weighted by Crippen LogP contribution is 2.21. The van der Waals surface area contributed by atoms with Gasteiger partial charge in [0.1, 0.15) is 5.75 Å². The van der Waals surface area contributed by atoms with Crippen LogP contribution in [0, 0.1) is 5.92 Å². The molecule has 16 heavy (non-hydrogen) atoms. The highest BCUT2D eigenvalue weighted by molar-refractivity contribution is 5.28. The first-order valence-electron chi connectivity index (χ1n) is 6.11. The van der Waals surface area contributed by atoms with Crippen molar-refractivity contribution in [3.63, 3.8) is 0 Å². The van der Waals surface area contributed by atoms with Gasteiger partial charge in [-0.05, 0) is 43.4 Å². The van der Waals surface area contributed by atoms with E-state index in [9.17, 15) is 0 Å². The number of nitrogens with two attached hydrogens (primary N) is 1. The Labute approximate surface area is 98.8 Å². The van der Waals surface area contributed by atoms with Crippen molar-refractivity contribution in [2.45, 2.75) is 39.7 Å². The van der Waals surface area contributed by atoms with E-state index in [1.807, 2.05) is 19.1 Å². The van der Waals surface area contributed by atoms with Crippen molar-refractivity contribution in [1.82, 2.24) is 0 Å². The lowest BCUT2D eigenvalue weighted by Crippen LogP contribution is -2.11. The van der Waals surface area contributed by atoms with Crippen LogP contribution in [0.3, 0.4) is 0 Å². The Morgan fingerprint density at radius 2 is 1.75 bits per heavy atom. The lowest BCUT2D eigenvalue weighted by molar-refractivity contribution is 0.340. The molecule has 2 heteroatoms. The molecule has 0 heterocycles. The summed E-state index contributed by atoms with van der Waals surface area (Å²) in [5.41, 5.74) is 7.32. The quantitative estimate of drug-likeness (QED) is 0.797. The third-order valence-corrected chi connectivity index (χ3v) is 2.67. The first kappa shape index (κ1) is 13.0. The van der Waals surface area contributed by atoms with E-state index in [2.05, 4.69) is 26.0 Å². The minimum Gasteiger partial charge on any atom is -0.494 e. The molecule has 0 amide bonds. The van der Waals surface area contributed by atoms with Gasteiger partial charge in [-0.3, -0.25) is 0 Å². The molecule has 0 aliphatic carbocycles. The summed E-state index contributed by atoms with van der Waals surface area (Å²) < 4.78 is 5.40. The molecular formula is C14H23NO. The summed E-state index contributed by atoms with van der Waals surface area (Å²) in [5.74, 6) is 1.64. The molecule has 1 rings (SSSR count). The maximum atomic E-state index is 6.13. The Kier molecular flexibility index (Phi) is 5.33. The average Bonchev–Trinajstić information content (AvgIpc) is 2.27. The highest BCUT2D eigenvalue weighted by atomic mass is 16.5. The smallest absolute Gasteiger partial charge is 0.119 e. The Bertz CT molecular complexity index is 292. The normalized spacial score (nSPS) is 12.8. The molecule has 0 spiro atoms. The van der Waals surface area contributed by atoms with Crippen LogP contribution in [0.5, 0.6) is 5.75 Å². The van der Waals surface area contributed by atoms with Crippen LogP contribution in [0.1, 0.15) is 45.2 Å². The maximum Gasteiger partial charge on any atom is 0.119 e. The van der Waals surface area contributed by atoms with E-state index in [0.29, 0.717) is 12.5 Å². The molecule has 1 aromatic carbocycles. The first-order valence-corrected chi connectivity index (χ1v) is 6.11. The number of rotatable bonds is 6. The minimum atomic E-state index is 0.151. The minimum absolute atomic E-state index is 0.151. The molecule has 2 nitrogen and oxygen atoms in total. The van der Waals surface area contributed by atoms with Crippen molar-refractivity contribution < 1.29 is 4.74 Å². The second-order valence-corrected chi connectivity index (χ2v) is 4.58. The van der Waals surface area contributed by atoms with E-state index in [4.69, 9.17) is 10.5 Å². The van der Waals surface area contributed by atoms with Gasteiger partial charge in [-0.25, -0.2) is 0 Å². The zero-order valence-electron chi connectivity index (χ0n) is 10.6. The summed E-state index contributed by atoms with van der Waals surface area (Å²) in [7, 11) is 0. The molecule has 1 aromatic rings. The predicted octanol–water partition coefficient (Wildman–Crippen LogP) is 3.52. The molecular weight excluding hydrogens is 198 g/mol. The zero-order chi connectivity index (χ0) is 12.0. The molecule has 0 aromatic heterocycles. The van der Waals surface area contributed by atoms with Gasteiger partial charge >= 0.3 is 0 Å². The summed E-state index contributed by atoms with van der Waals surface area (Å²) in [4.78, 5) is 0. The largest absolute Gasteiger partial charge is 0.494 e. The Morgan fingerprint density at radius 3 is 2.25 bits per heavy atom. The van der Waals surface area contributed by atoms with Gasteiger partial charge in [-0.1, -0.05) is 26.0 Å². The molecule has 0 bridgehead atoms. The summed E-state index contributed by atoms with van der Waals surface area (Å²) in [6.45, 7) is 7.15. The summed E-state index contributed by atoms with van der Waals surface area (Å²) in [6, 6.07) is 8.27. The first-order chi connectivity index (χ1) is 7.63. The van der Waals surface area contributed by atoms with Crippen LogP contribution in [0.4, 0.5) is 0 Å². The molecule has 0 saturated heterocycles. The fourth-order valence-electron chi connectivity index (χ4n) is 1.66. The molecule has 90 valence electrons. The van der Waals surface area contributed by atoms with E-state index in [1.165, 1.54) is 12.0 Å². The van der Waals surface area contributed by atoms with Gasteiger partial charge in [-0.2, -0.15) is 0 Å². The van der Waals surface area contributed by atoms with Crippen molar-refractivity contribution in [2.24, 2.45) is 11.7 Å². The van der Waals surface area contributed by atoms with Crippen molar-refractivity contribution in [3.05, 3.63) is 29.8 Å². The maximum absolute atomic E-state index is 6.13. The number of ether oxygens (including phenoxy) is 1. The van der Waals surface area contributed by atoms with Gasteiger partial charge in [0, 0.05) is 6.04 Å². The van der Waals surface area contributed by atoms with E-state index in [0.717, 1.165) is 12.2 Å². The molecule has 1 atom stereocenters. The molecule has 0 saturated carbocycles. The summed E-state index contributed by atoms with van der Waals surface area (Å²) >= 11 is 0. The highest BCUT2D eigenvalue weighted by Gasteiger charge is 2.06. The van der Waals surface area contributed by atoms with Crippen LogP contribution in [-0.2, 0) is 0 Å². The monoisotopic (exact) mass is 221 g/mol. The lowest BCUT2D eigenvalue weighted by Gasteiger charge is -2.14. The standard InChI is InChI=1S/C14H23NO/c1-4-16-13-8-6-12(7-9-13)14(15)10-5-11(2)3/h6-9,11,14H,4-5,10,15H2,1-3H3/t14-/m1/s1. The zero-order valence-corrected chi connectivity index (χ0v) is 10.6. The topological polar surface area (TPSA) is 35.2 Å². The molecule has 0 fully saturated rings. The molecule has 0 aliphatic rings. The van der Waals surface area contributed by atoms with E-state index >= 15 is 0 Å². The van der Waals surface area contributed by atoms with Crippen molar-refractivity contribution in [2.75, 3.05) is 6.61 Å². The number of hydrogen-bond donors (Lipinski definition) is 1. The van der Waals surface area contributed by atoms with Gasteiger partial charge < -0.3 is 10.5 Å². The van der Waals surface area contributed by atoms with Gasteiger partial charge in [0.2, 0.25) is 0 Å². The summed E-state index contributed by atoms with van der Waals surface area (Å²) in [5, 5.41) is 0. The Hall–Kier alpha value is -1.02. The van der Waals surface area contributed by atoms with Gasteiger partial charge in [0.15, 0.2) is 0 Å². The van der Waals surface area contributed by atoms with Crippen LogP contribution in [-0.4, -0.2) is 6.61 Å². The third kappa shape index (κ3) is 4.23. The van der Waals surface area contributed by atoms with Gasteiger partial charge in [-0.15, -0.1) is 0 Å². The van der Waals surface area contributed by atoms with Crippen LogP contribution in [0.15, 0.2) is 24.3 Å². The summed E-state index contributed by atoms with van der Waals surface area (Å²) in [6.07, 6.45) is 2.22. The number of hydrogen-bond acceptors (Lipinski definition) is 2. The fraction of sp³-hybridized carbons (Fsp3) is 0.571. The Morgan fingerprint density at radius 1 is 1.12 bits per heavy atom. The van der Waals surface area contributed by atoms with Gasteiger partial charge in [0.25, 0.3) is 0 Å². The average molecular weight is 221 g/mol. The lowest BCUT2D eigenvalue weighted by atomic mass is 9.98.